The lowest BCUT2D eigenvalue weighted by Gasteiger charge is -2.16. The molecule has 70 valence electrons. The molecule has 0 fully saturated rings. The molecule has 0 aromatic carbocycles. The Kier molecular flexibility index (Phi) is 2.75. The Morgan fingerprint density at radius 3 is 3.08 bits per heavy atom. The minimum Gasteiger partial charge on any atom is -0.261 e. The zero-order chi connectivity index (χ0) is 9.31. The summed E-state index contributed by atoms with van der Waals surface area (Å²) in [6.45, 7) is 0. The molecule has 0 amide bonds. The first-order valence-electron chi connectivity index (χ1n) is 4.48. The summed E-state index contributed by atoms with van der Waals surface area (Å²) in [5, 5.41) is 0. The quantitative estimate of drug-likeness (QED) is 0.528. The Balaban J connectivity index is 2.34. The van der Waals surface area contributed by atoms with Gasteiger partial charge in [0.05, 0.1) is 3.23 Å². The molecule has 0 radical (unpaired) electrons. The molecule has 0 aliphatic heterocycles. The zero-order valence-electron chi connectivity index (χ0n) is 7.26. The zero-order valence-corrected chi connectivity index (χ0v) is 10.4. The Labute approximate surface area is 95.2 Å². The van der Waals surface area contributed by atoms with E-state index >= 15 is 0 Å². The van der Waals surface area contributed by atoms with Crippen LogP contribution in [0.1, 0.15) is 24.1 Å². The van der Waals surface area contributed by atoms with Gasteiger partial charge in [-0.2, -0.15) is 0 Å². The van der Waals surface area contributed by atoms with Gasteiger partial charge in [-0.15, -0.1) is 0 Å². The maximum absolute atomic E-state index is 4.41. The summed E-state index contributed by atoms with van der Waals surface area (Å²) < 4.78 is 0.0691. The fraction of sp³-hybridized carbons (Fsp3) is 0.500. The van der Waals surface area contributed by atoms with E-state index in [-0.39, 0.29) is 3.23 Å². The molecule has 0 bridgehead atoms. The van der Waals surface area contributed by atoms with Crippen LogP contribution >= 0.6 is 31.9 Å². The van der Waals surface area contributed by atoms with Crippen LogP contribution in [0.5, 0.6) is 0 Å². The van der Waals surface area contributed by atoms with E-state index in [1.54, 1.807) is 0 Å². The molecule has 13 heavy (non-hydrogen) atoms. The molecular formula is C10H11Br2N. The number of nitrogens with zero attached hydrogens (tertiary/aromatic N) is 1. The Morgan fingerprint density at radius 1 is 1.38 bits per heavy atom. The molecule has 1 nitrogen and oxygen atoms in total. The van der Waals surface area contributed by atoms with Crippen molar-refractivity contribution in [3.63, 3.8) is 0 Å². The van der Waals surface area contributed by atoms with E-state index in [0.29, 0.717) is 0 Å². The van der Waals surface area contributed by atoms with Crippen LogP contribution in [0.15, 0.2) is 18.3 Å². The number of aromatic nitrogens is 1. The maximum Gasteiger partial charge on any atom is 0.0861 e. The van der Waals surface area contributed by atoms with Gasteiger partial charge in [0.2, 0.25) is 0 Å². The van der Waals surface area contributed by atoms with Crippen molar-refractivity contribution in [2.45, 2.75) is 28.9 Å². The van der Waals surface area contributed by atoms with E-state index in [1.807, 2.05) is 12.3 Å². The van der Waals surface area contributed by atoms with Crippen molar-refractivity contribution in [1.82, 2.24) is 4.98 Å². The van der Waals surface area contributed by atoms with Crippen LogP contribution in [0, 0.1) is 0 Å². The summed E-state index contributed by atoms with van der Waals surface area (Å²) in [4.78, 5) is 4.41. The number of fused-ring (bicyclic) bond motifs is 1. The monoisotopic (exact) mass is 303 g/mol. The van der Waals surface area contributed by atoms with Crippen molar-refractivity contribution in [2.24, 2.45) is 0 Å². The number of aryl methyl sites for hydroxylation is 1. The maximum atomic E-state index is 4.41. The van der Waals surface area contributed by atoms with Gasteiger partial charge in [0.15, 0.2) is 0 Å². The summed E-state index contributed by atoms with van der Waals surface area (Å²) >= 11 is 7.38. The van der Waals surface area contributed by atoms with E-state index in [4.69, 9.17) is 0 Å². The van der Waals surface area contributed by atoms with Crippen molar-refractivity contribution in [3.8, 4) is 0 Å². The first-order chi connectivity index (χ1) is 6.17. The third-order valence-electron chi connectivity index (χ3n) is 2.40. The Hall–Kier alpha value is 0.110. The summed E-state index contributed by atoms with van der Waals surface area (Å²) in [6.07, 6.45) is 6.38. The smallest absolute Gasteiger partial charge is 0.0861 e. The van der Waals surface area contributed by atoms with Crippen LogP contribution in [0.2, 0.25) is 0 Å². The molecule has 0 spiro atoms. The van der Waals surface area contributed by atoms with Crippen LogP contribution < -0.4 is 0 Å². The highest BCUT2D eigenvalue weighted by atomic mass is 79.9. The van der Waals surface area contributed by atoms with Crippen molar-refractivity contribution in [1.29, 1.82) is 0 Å². The van der Waals surface area contributed by atoms with Crippen molar-refractivity contribution >= 4 is 31.9 Å². The molecule has 0 unspecified atom stereocenters. The number of alkyl halides is 2. The first-order valence-corrected chi connectivity index (χ1v) is 6.07. The van der Waals surface area contributed by atoms with Gasteiger partial charge in [0.25, 0.3) is 0 Å². The van der Waals surface area contributed by atoms with E-state index in [1.165, 1.54) is 17.7 Å². The average Bonchev–Trinajstić information content (AvgIpc) is 2.21. The molecule has 2 rings (SSSR count). The van der Waals surface area contributed by atoms with Crippen LogP contribution in [-0.4, -0.2) is 8.22 Å². The standard InChI is InChI=1S/C10H11Br2N/c11-10(12)5-1-3-8-4-2-6-13-9(8)7-10/h2,4,6H,1,3,5,7H2. The minimum atomic E-state index is 0.0691. The van der Waals surface area contributed by atoms with Gasteiger partial charge >= 0.3 is 0 Å². The lowest BCUT2D eigenvalue weighted by Crippen LogP contribution is -2.13. The highest BCUT2D eigenvalue weighted by Gasteiger charge is 2.27. The van der Waals surface area contributed by atoms with E-state index in [9.17, 15) is 0 Å². The third kappa shape index (κ3) is 2.32. The predicted molar refractivity (Wildman–Crippen MR) is 61.5 cm³/mol. The normalized spacial score (nSPS) is 20.5. The SMILES string of the molecule is BrC1(Br)CCCc2cccnc2C1. The number of pyridine rings is 1. The fourth-order valence-corrected chi connectivity index (χ4v) is 2.82. The number of halogens is 2. The predicted octanol–water partition coefficient (Wildman–Crippen LogP) is 3.45. The minimum absolute atomic E-state index is 0.0691. The van der Waals surface area contributed by atoms with Crippen LogP contribution in [0.4, 0.5) is 0 Å². The molecule has 1 aliphatic rings. The van der Waals surface area contributed by atoms with Gasteiger partial charge in [-0.25, -0.2) is 0 Å². The number of hydrogen-bond donors (Lipinski definition) is 0. The first kappa shape index (κ1) is 9.66. The molecule has 1 heterocycles. The average molecular weight is 305 g/mol. The van der Waals surface area contributed by atoms with Gasteiger partial charge in [0, 0.05) is 18.3 Å². The largest absolute Gasteiger partial charge is 0.261 e. The topological polar surface area (TPSA) is 12.9 Å². The van der Waals surface area contributed by atoms with Crippen molar-refractivity contribution < 1.29 is 0 Å². The van der Waals surface area contributed by atoms with Gasteiger partial charge in [0.1, 0.15) is 0 Å². The van der Waals surface area contributed by atoms with Gasteiger partial charge in [-0.3, -0.25) is 4.98 Å². The van der Waals surface area contributed by atoms with Crippen molar-refractivity contribution in [2.75, 3.05) is 0 Å². The highest BCUT2D eigenvalue weighted by Crippen LogP contribution is 2.38. The van der Waals surface area contributed by atoms with Gasteiger partial charge < -0.3 is 0 Å². The highest BCUT2D eigenvalue weighted by molar-refractivity contribution is 9.25. The van der Waals surface area contributed by atoms with Crippen molar-refractivity contribution in [3.05, 3.63) is 29.6 Å². The second-order valence-electron chi connectivity index (χ2n) is 3.50. The number of hydrogen-bond acceptors (Lipinski definition) is 1. The molecule has 3 heteroatoms. The molecule has 1 aliphatic carbocycles. The molecular weight excluding hydrogens is 294 g/mol. The summed E-state index contributed by atoms with van der Waals surface area (Å²) in [7, 11) is 0. The molecule has 1 aromatic heterocycles. The molecule has 1 aromatic rings. The summed E-state index contributed by atoms with van der Waals surface area (Å²) in [5.74, 6) is 0. The fourth-order valence-electron chi connectivity index (χ4n) is 1.73. The van der Waals surface area contributed by atoms with Crippen LogP contribution in [0.3, 0.4) is 0 Å². The lowest BCUT2D eigenvalue weighted by molar-refractivity contribution is 0.705. The Morgan fingerprint density at radius 2 is 2.23 bits per heavy atom. The molecule has 0 saturated heterocycles. The second-order valence-corrected chi connectivity index (χ2v) is 7.60. The molecule has 0 saturated carbocycles. The summed E-state index contributed by atoms with van der Waals surface area (Å²) in [6, 6.07) is 4.21. The Bertz CT molecular complexity index is 310. The second kappa shape index (κ2) is 3.70. The van der Waals surface area contributed by atoms with Gasteiger partial charge in [-0.1, -0.05) is 37.9 Å². The lowest BCUT2D eigenvalue weighted by atomic mass is 10.1. The number of rotatable bonds is 0. The van der Waals surface area contributed by atoms with Crippen LogP contribution in [-0.2, 0) is 12.8 Å². The van der Waals surface area contributed by atoms with E-state index in [2.05, 4.69) is 42.9 Å². The van der Waals surface area contributed by atoms with Gasteiger partial charge in [-0.05, 0) is 30.9 Å². The molecule has 0 atom stereocenters. The van der Waals surface area contributed by atoms with E-state index in [0.717, 1.165) is 19.3 Å². The molecule has 0 N–H and O–H groups in total. The van der Waals surface area contributed by atoms with E-state index < -0.39 is 0 Å². The summed E-state index contributed by atoms with van der Waals surface area (Å²) in [5.41, 5.74) is 2.64. The third-order valence-corrected chi connectivity index (χ3v) is 3.75. The van der Waals surface area contributed by atoms with Crippen LogP contribution in [0.25, 0.3) is 0 Å².